The Morgan fingerprint density at radius 1 is 1.04 bits per heavy atom. The van der Waals surface area contributed by atoms with Crippen molar-refractivity contribution >= 4 is 85.7 Å². The Hall–Kier alpha value is 0.850. The normalized spacial score (nSPS) is 15.5. The van der Waals surface area contributed by atoms with Crippen LogP contribution in [0.5, 0.6) is 0 Å². The number of ether oxygens (including phenoxy) is 1. The number of carbonyl (C=O) groups excluding carboxylic acids is 1. The van der Waals surface area contributed by atoms with Crippen LogP contribution in [0.25, 0.3) is 0 Å². The summed E-state index contributed by atoms with van der Waals surface area (Å²) in [5, 5.41) is 0.978. The fourth-order valence-electron chi connectivity index (χ4n) is 2.08. The zero-order valence-electron chi connectivity index (χ0n) is 12.9. The van der Waals surface area contributed by atoms with Gasteiger partial charge in [-0.25, -0.2) is 4.79 Å². The van der Waals surface area contributed by atoms with Gasteiger partial charge in [0.15, 0.2) is 1.05 Å². The number of nitrogens with zero attached hydrogens (tertiary/aromatic N) is 2. The van der Waals surface area contributed by atoms with E-state index in [0.29, 0.717) is 6.61 Å². The largest absolute Gasteiger partial charge is 0.445 e. The van der Waals surface area contributed by atoms with Crippen molar-refractivity contribution in [2.75, 3.05) is 38.1 Å². The topological polar surface area (TPSA) is 32.8 Å². The van der Waals surface area contributed by atoms with E-state index in [0.717, 1.165) is 43.6 Å². The molecule has 1 amide bonds. The Kier molecular flexibility index (Phi) is 11.7. The van der Waals surface area contributed by atoms with Crippen LogP contribution in [0.2, 0.25) is 0 Å². The SMILES string of the molecule is BrC(Br)(Br)Br.O=C(OCc1ccccc1)N1CCN(CCBr)CC1. The van der Waals surface area contributed by atoms with E-state index in [1.807, 2.05) is 30.3 Å². The molecular formula is C15H19Br5N2O2. The van der Waals surface area contributed by atoms with Gasteiger partial charge in [0.05, 0.1) is 0 Å². The van der Waals surface area contributed by atoms with Crippen LogP contribution in [0.3, 0.4) is 0 Å². The molecule has 1 fully saturated rings. The maximum atomic E-state index is 11.9. The number of carbonyl (C=O) groups is 1. The number of alkyl halides is 5. The maximum Gasteiger partial charge on any atom is 0.410 e. The highest BCUT2D eigenvalue weighted by Gasteiger charge is 2.21. The highest BCUT2D eigenvalue weighted by Crippen LogP contribution is 2.39. The first kappa shape index (κ1) is 22.9. The van der Waals surface area contributed by atoms with E-state index in [2.05, 4.69) is 84.5 Å². The molecular weight excluding hydrogens is 640 g/mol. The second-order valence-corrected chi connectivity index (χ2v) is 16.9. The molecule has 24 heavy (non-hydrogen) atoms. The summed E-state index contributed by atoms with van der Waals surface area (Å²) in [6.07, 6.45) is -0.206. The molecule has 0 atom stereocenters. The summed E-state index contributed by atoms with van der Waals surface area (Å²) in [6.45, 7) is 4.73. The molecule has 1 aliphatic heterocycles. The summed E-state index contributed by atoms with van der Waals surface area (Å²) in [4.78, 5) is 16.0. The van der Waals surface area contributed by atoms with Gasteiger partial charge in [-0.05, 0) is 69.3 Å². The summed E-state index contributed by atoms with van der Waals surface area (Å²) < 4.78 is 5.07. The van der Waals surface area contributed by atoms with Crippen LogP contribution in [-0.4, -0.2) is 55.0 Å². The lowest BCUT2D eigenvalue weighted by molar-refractivity contribution is 0.0731. The molecule has 1 aromatic carbocycles. The minimum atomic E-state index is -0.250. The molecule has 0 saturated carbocycles. The Bertz CT molecular complexity index is 471. The van der Waals surface area contributed by atoms with Crippen LogP contribution in [0.4, 0.5) is 4.79 Å². The maximum absolute atomic E-state index is 11.9. The van der Waals surface area contributed by atoms with Gasteiger partial charge in [-0.2, -0.15) is 0 Å². The van der Waals surface area contributed by atoms with Gasteiger partial charge in [0.25, 0.3) is 0 Å². The van der Waals surface area contributed by atoms with Crippen molar-refractivity contribution in [2.24, 2.45) is 0 Å². The van der Waals surface area contributed by atoms with Crippen LogP contribution in [0.15, 0.2) is 30.3 Å². The average Bonchev–Trinajstić information content (AvgIpc) is 2.53. The molecule has 0 spiro atoms. The third kappa shape index (κ3) is 11.5. The standard InChI is InChI=1S/C14H19BrN2O2.CBr4/c15-6-7-16-8-10-17(11-9-16)14(18)19-12-13-4-2-1-3-5-13;2-1(3,4)5/h1-5H,6-12H2;. The average molecular weight is 659 g/mol. The van der Waals surface area contributed by atoms with E-state index in [-0.39, 0.29) is 7.15 Å². The first-order valence-corrected chi connectivity index (χ1v) is 11.6. The Balaban J connectivity index is 0.000000505. The first-order valence-electron chi connectivity index (χ1n) is 7.29. The van der Waals surface area contributed by atoms with Crippen molar-refractivity contribution in [3.8, 4) is 0 Å². The van der Waals surface area contributed by atoms with E-state index in [1.54, 1.807) is 4.90 Å². The molecule has 1 aromatic rings. The van der Waals surface area contributed by atoms with Gasteiger partial charge in [0, 0.05) is 38.1 Å². The van der Waals surface area contributed by atoms with Crippen LogP contribution in [0, 0.1) is 0 Å². The number of benzene rings is 1. The molecule has 0 aromatic heterocycles. The van der Waals surface area contributed by atoms with Crippen LogP contribution < -0.4 is 0 Å². The number of halogens is 5. The van der Waals surface area contributed by atoms with Crippen molar-refractivity contribution in [1.29, 1.82) is 0 Å². The van der Waals surface area contributed by atoms with E-state index in [9.17, 15) is 4.79 Å². The monoisotopic (exact) mass is 654 g/mol. The van der Waals surface area contributed by atoms with E-state index >= 15 is 0 Å². The lowest BCUT2D eigenvalue weighted by atomic mass is 10.2. The van der Waals surface area contributed by atoms with Gasteiger partial charge < -0.3 is 9.64 Å². The molecule has 136 valence electrons. The molecule has 0 unspecified atom stereocenters. The highest BCUT2D eigenvalue weighted by molar-refractivity contribution is 9.52. The van der Waals surface area contributed by atoms with Crippen molar-refractivity contribution in [2.45, 2.75) is 7.66 Å². The molecule has 0 N–H and O–H groups in total. The lowest BCUT2D eigenvalue weighted by Gasteiger charge is -2.33. The zero-order chi connectivity index (χ0) is 18.0. The van der Waals surface area contributed by atoms with E-state index < -0.39 is 0 Å². The summed E-state index contributed by atoms with van der Waals surface area (Å²) in [5.41, 5.74) is 1.02. The summed E-state index contributed by atoms with van der Waals surface area (Å²) in [5.74, 6) is 0. The van der Waals surface area contributed by atoms with E-state index in [1.165, 1.54) is 0 Å². The smallest absolute Gasteiger partial charge is 0.410 e. The van der Waals surface area contributed by atoms with Crippen molar-refractivity contribution < 1.29 is 9.53 Å². The molecule has 9 heteroatoms. The summed E-state index contributed by atoms with van der Waals surface area (Å²) >= 11 is 15.9. The second kappa shape index (κ2) is 12.3. The Labute approximate surface area is 185 Å². The van der Waals surface area contributed by atoms with Crippen LogP contribution >= 0.6 is 79.6 Å². The number of piperazine rings is 1. The van der Waals surface area contributed by atoms with Crippen LogP contribution in [-0.2, 0) is 11.3 Å². The fraction of sp³-hybridized carbons (Fsp3) is 0.533. The van der Waals surface area contributed by atoms with Gasteiger partial charge in [0.2, 0.25) is 0 Å². The van der Waals surface area contributed by atoms with Crippen molar-refractivity contribution in [3.05, 3.63) is 35.9 Å². The van der Waals surface area contributed by atoms with Gasteiger partial charge in [-0.3, -0.25) is 4.90 Å². The number of hydrogen-bond acceptors (Lipinski definition) is 3. The number of hydrogen-bond donors (Lipinski definition) is 0. The van der Waals surface area contributed by atoms with Gasteiger partial charge in [-0.15, -0.1) is 0 Å². The predicted octanol–water partition coefficient (Wildman–Crippen LogP) is 5.51. The minimum absolute atomic E-state index is 0.206. The van der Waals surface area contributed by atoms with Gasteiger partial charge in [-0.1, -0.05) is 46.3 Å². The van der Waals surface area contributed by atoms with E-state index in [4.69, 9.17) is 4.74 Å². The third-order valence-corrected chi connectivity index (χ3v) is 3.59. The molecule has 0 aliphatic carbocycles. The van der Waals surface area contributed by atoms with Crippen molar-refractivity contribution in [1.82, 2.24) is 9.80 Å². The third-order valence-electron chi connectivity index (χ3n) is 3.24. The Morgan fingerprint density at radius 3 is 2.08 bits per heavy atom. The lowest BCUT2D eigenvalue weighted by Crippen LogP contribution is -2.49. The Morgan fingerprint density at radius 2 is 1.58 bits per heavy atom. The quantitative estimate of drug-likeness (QED) is 0.400. The van der Waals surface area contributed by atoms with Crippen molar-refractivity contribution in [3.63, 3.8) is 0 Å². The minimum Gasteiger partial charge on any atom is -0.445 e. The number of amides is 1. The molecule has 1 saturated heterocycles. The van der Waals surface area contributed by atoms with Gasteiger partial charge in [0.1, 0.15) is 6.61 Å². The molecule has 2 rings (SSSR count). The zero-order valence-corrected chi connectivity index (χ0v) is 20.9. The molecule has 4 nitrogen and oxygen atoms in total. The number of rotatable bonds is 4. The second-order valence-electron chi connectivity index (χ2n) is 4.99. The van der Waals surface area contributed by atoms with Crippen LogP contribution in [0.1, 0.15) is 5.56 Å². The molecule has 0 bridgehead atoms. The fourth-order valence-corrected chi connectivity index (χ4v) is 2.59. The molecule has 1 heterocycles. The molecule has 1 aliphatic rings. The molecule has 0 radical (unpaired) electrons. The summed E-state index contributed by atoms with van der Waals surface area (Å²) in [7, 11) is 0. The first-order chi connectivity index (χ1) is 11.3. The summed E-state index contributed by atoms with van der Waals surface area (Å²) in [6, 6.07) is 9.77. The van der Waals surface area contributed by atoms with Gasteiger partial charge >= 0.3 is 6.09 Å². The highest BCUT2D eigenvalue weighted by atomic mass is 80.0. The predicted molar refractivity (Wildman–Crippen MR) is 117 cm³/mol.